The fourth-order valence-electron chi connectivity index (χ4n) is 2.27. The van der Waals surface area contributed by atoms with Crippen molar-refractivity contribution in [3.63, 3.8) is 0 Å². The molecule has 0 bridgehead atoms. The summed E-state index contributed by atoms with van der Waals surface area (Å²) in [4.78, 5) is 24.1. The highest BCUT2D eigenvalue weighted by atomic mass is 16.5. The van der Waals surface area contributed by atoms with Gasteiger partial charge < -0.3 is 4.74 Å². The van der Waals surface area contributed by atoms with Crippen LogP contribution in [0.25, 0.3) is 0 Å². The van der Waals surface area contributed by atoms with Crippen LogP contribution in [-0.4, -0.2) is 23.3 Å². The maximum absolute atomic E-state index is 12.0. The number of nitrogens with zero attached hydrogens (tertiary/aromatic N) is 1. The minimum atomic E-state index is -0.785. The van der Waals surface area contributed by atoms with Crippen LogP contribution >= 0.6 is 0 Å². The third kappa shape index (κ3) is 3.70. The van der Waals surface area contributed by atoms with Gasteiger partial charge in [0.1, 0.15) is 6.26 Å². The minimum Gasteiger partial charge on any atom is -0.469 e. The highest BCUT2D eigenvalue weighted by Gasteiger charge is 2.25. The zero-order valence-corrected chi connectivity index (χ0v) is 11.6. The molecule has 106 valence electrons. The SMILES string of the molecule is CC(CCC(=O)N1C=COC1C=O)Cc1ccccc1. The van der Waals surface area contributed by atoms with Gasteiger partial charge in [0.2, 0.25) is 12.1 Å². The molecule has 0 saturated heterocycles. The van der Waals surface area contributed by atoms with E-state index in [4.69, 9.17) is 4.74 Å². The van der Waals surface area contributed by atoms with Crippen molar-refractivity contribution in [2.45, 2.75) is 32.4 Å². The molecule has 1 aromatic rings. The van der Waals surface area contributed by atoms with Gasteiger partial charge in [-0.2, -0.15) is 0 Å². The summed E-state index contributed by atoms with van der Waals surface area (Å²) in [5, 5.41) is 0. The fourth-order valence-corrected chi connectivity index (χ4v) is 2.27. The van der Waals surface area contributed by atoms with Crippen LogP contribution in [0.4, 0.5) is 0 Å². The maximum atomic E-state index is 12.0. The number of hydrogen-bond donors (Lipinski definition) is 0. The molecule has 20 heavy (non-hydrogen) atoms. The Hall–Kier alpha value is -2.10. The molecular weight excluding hydrogens is 254 g/mol. The lowest BCUT2D eigenvalue weighted by atomic mass is 9.96. The lowest BCUT2D eigenvalue weighted by Crippen LogP contribution is -2.34. The van der Waals surface area contributed by atoms with E-state index in [-0.39, 0.29) is 5.91 Å². The summed E-state index contributed by atoms with van der Waals surface area (Å²) in [6.07, 6.45) is 4.92. The number of hydrogen-bond acceptors (Lipinski definition) is 3. The first-order valence-corrected chi connectivity index (χ1v) is 6.83. The van der Waals surface area contributed by atoms with Crippen molar-refractivity contribution in [2.75, 3.05) is 0 Å². The van der Waals surface area contributed by atoms with Crippen molar-refractivity contribution in [1.82, 2.24) is 4.90 Å². The van der Waals surface area contributed by atoms with E-state index >= 15 is 0 Å². The number of ether oxygens (including phenoxy) is 1. The quantitative estimate of drug-likeness (QED) is 0.748. The molecular formula is C16H19NO3. The smallest absolute Gasteiger partial charge is 0.233 e. The summed E-state index contributed by atoms with van der Waals surface area (Å²) in [6, 6.07) is 10.2. The summed E-state index contributed by atoms with van der Waals surface area (Å²) in [7, 11) is 0. The van der Waals surface area contributed by atoms with Crippen molar-refractivity contribution < 1.29 is 14.3 Å². The first kappa shape index (κ1) is 14.3. The average molecular weight is 273 g/mol. The summed E-state index contributed by atoms with van der Waals surface area (Å²) in [5.74, 6) is 0.347. The predicted octanol–water partition coefficient (Wildman–Crippen LogP) is 2.50. The van der Waals surface area contributed by atoms with Crippen molar-refractivity contribution in [2.24, 2.45) is 5.92 Å². The van der Waals surface area contributed by atoms with E-state index in [9.17, 15) is 9.59 Å². The largest absolute Gasteiger partial charge is 0.469 e. The van der Waals surface area contributed by atoms with Crippen LogP contribution in [0, 0.1) is 5.92 Å². The van der Waals surface area contributed by atoms with E-state index in [0.29, 0.717) is 18.6 Å². The highest BCUT2D eigenvalue weighted by molar-refractivity contribution is 5.80. The second-order valence-electron chi connectivity index (χ2n) is 5.08. The predicted molar refractivity (Wildman–Crippen MR) is 75.5 cm³/mol. The molecule has 1 aliphatic heterocycles. The van der Waals surface area contributed by atoms with Crippen LogP contribution in [0.1, 0.15) is 25.3 Å². The third-order valence-corrected chi connectivity index (χ3v) is 3.40. The van der Waals surface area contributed by atoms with Gasteiger partial charge in [-0.1, -0.05) is 37.3 Å². The number of carbonyl (C=O) groups excluding carboxylic acids is 2. The number of carbonyl (C=O) groups is 2. The third-order valence-electron chi connectivity index (χ3n) is 3.40. The van der Waals surface area contributed by atoms with E-state index in [1.54, 1.807) is 0 Å². The monoisotopic (exact) mass is 273 g/mol. The molecule has 1 aromatic carbocycles. The summed E-state index contributed by atoms with van der Waals surface area (Å²) < 4.78 is 4.99. The van der Waals surface area contributed by atoms with Crippen LogP contribution in [0.15, 0.2) is 42.8 Å². The van der Waals surface area contributed by atoms with Gasteiger partial charge in [-0.05, 0) is 24.3 Å². The van der Waals surface area contributed by atoms with E-state index in [1.807, 2.05) is 18.2 Å². The van der Waals surface area contributed by atoms with Crippen molar-refractivity contribution in [3.05, 3.63) is 48.4 Å². The first-order chi connectivity index (χ1) is 9.70. The van der Waals surface area contributed by atoms with Crippen molar-refractivity contribution in [3.8, 4) is 0 Å². The van der Waals surface area contributed by atoms with Gasteiger partial charge >= 0.3 is 0 Å². The molecule has 1 aliphatic rings. The van der Waals surface area contributed by atoms with Crippen molar-refractivity contribution in [1.29, 1.82) is 0 Å². The molecule has 2 atom stereocenters. The molecule has 4 nitrogen and oxygen atoms in total. The van der Waals surface area contributed by atoms with Gasteiger partial charge in [0, 0.05) is 12.6 Å². The lowest BCUT2D eigenvalue weighted by Gasteiger charge is -2.18. The van der Waals surface area contributed by atoms with E-state index in [1.165, 1.54) is 22.9 Å². The zero-order valence-electron chi connectivity index (χ0n) is 11.6. The van der Waals surface area contributed by atoms with Gasteiger partial charge in [0.05, 0.1) is 0 Å². The standard InChI is InChI=1S/C16H19NO3/c1-13(11-14-5-3-2-4-6-14)7-8-15(19)17-9-10-20-16(17)12-18/h2-6,9-10,12-13,16H,7-8,11H2,1H3. The Bertz CT molecular complexity index is 484. The van der Waals surface area contributed by atoms with Gasteiger partial charge in [0.25, 0.3) is 0 Å². The molecule has 2 unspecified atom stereocenters. The Labute approximate surface area is 119 Å². The Morgan fingerprint density at radius 3 is 2.85 bits per heavy atom. The fraction of sp³-hybridized carbons (Fsp3) is 0.375. The summed E-state index contributed by atoms with van der Waals surface area (Å²) in [6.45, 7) is 2.13. The summed E-state index contributed by atoms with van der Waals surface area (Å²) in [5.41, 5.74) is 1.28. The molecule has 1 amide bonds. The molecule has 1 heterocycles. The Morgan fingerprint density at radius 2 is 2.15 bits per heavy atom. The second kappa shape index (κ2) is 6.89. The molecule has 4 heteroatoms. The topological polar surface area (TPSA) is 46.6 Å². The van der Waals surface area contributed by atoms with Crippen LogP contribution < -0.4 is 0 Å². The van der Waals surface area contributed by atoms with E-state index in [2.05, 4.69) is 19.1 Å². The first-order valence-electron chi connectivity index (χ1n) is 6.83. The molecule has 0 fully saturated rings. The minimum absolute atomic E-state index is 0.0734. The number of aldehydes is 1. The molecule has 0 N–H and O–H groups in total. The summed E-state index contributed by atoms with van der Waals surface area (Å²) >= 11 is 0. The van der Waals surface area contributed by atoms with Crippen LogP contribution in [-0.2, 0) is 20.7 Å². The molecule has 0 aromatic heterocycles. The highest BCUT2D eigenvalue weighted by Crippen LogP contribution is 2.17. The average Bonchev–Trinajstić information content (AvgIpc) is 2.94. The van der Waals surface area contributed by atoms with E-state index < -0.39 is 6.23 Å². The van der Waals surface area contributed by atoms with Crippen LogP contribution in [0.2, 0.25) is 0 Å². The van der Waals surface area contributed by atoms with Crippen molar-refractivity contribution >= 4 is 12.2 Å². The van der Waals surface area contributed by atoms with Gasteiger partial charge in [-0.15, -0.1) is 0 Å². The lowest BCUT2D eigenvalue weighted by molar-refractivity contribution is -0.139. The molecule has 0 radical (unpaired) electrons. The maximum Gasteiger partial charge on any atom is 0.233 e. The number of rotatable bonds is 6. The molecule has 0 aliphatic carbocycles. The Kier molecular flexibility index (Phi) is 4.93. The van der Waals surface area contributed by atoms with Gasteiger partial charge in [-0.25, -0.2) is 0 Å². The van der Waals surface area contributed by atoms with Crippen LogP contribution in [0.5, 0.6) is 0 Å². The van der Waals surface area contributed by atoms with Gasteiger partial charge in [0.15, 0.2) is 6.29 Å². The normalized spacial score (nSPS) is 18.6. The number of benzene rings is 1. The molecule has 0 spiro atoms. The Balaban J connectivity index is 1.78. The molecule has 2 rings (SSSR count). The zero-order chi connectivity index (χ0) is 14.4. The second-order valence-corrected chi connectivity index (χ2v) is 5.08. The van der Waals surface area contributed by atoms with Gasteiger partial charge in [-0.3, -0.25) is 14.5 Å². The Morgan fingerprint density at radius 1 is 1.40 bits per heavy atom. The number of amides is 1. The van der Waals surface area contributed by atoms with E-state index in [0.717, 1.165) is 12.8 Å². The molecule has 0 saturated carbocycles. The van der Waals surface area contributed by atoms with Crippen LogP contribution in [0.3, 0.4) is 0 Å².